The van der Waals surface area contributed by atoms with Gasteiger partial charge in [0.25, 0.3) is 5.91 Å². The molecule has 1 amide bonds. The van der Waals surface area contributed by atoms with Gasteiger partial charge in [0.05, 0.1) is 11.1 Å². The molecule has 0 aliphatic heterocycles. The average Bonchev–Trinajstić information content (AvgIpc) is 3.26. The Bertz CT molecular complexity index is 987. The van der Waals surface area contributed by atoms with E-state index in [-0.39, 0.29) is 5.91 Å². The summed E-state index contributed by atoms with van der Waals surface area (Å²) in [5.74, 6) is -0.0376. The molecule has 2 N–H and O–H groups in total. The Morgan fingerprint density at radius 1 is 0.933 bits per heavy atom. The van der Waals surface area contributed by atoms with Crippen LogP contribution in [-0.4, -0.2) is 29.0 Å². The third kappa shape index (κ3) is 4.96. The molecule has 1 aliphatic carbocycles. The molecule has 0 saturated heterocycles. The number of para-hydroxylation sites is 1. The van der Waals surface area contributed by atoms with E-state index < -0.39 is 0 Å². The van der Waals surface area contributed by atoms with Crippen LogP contribution in [0.1, 0.15) is 60.1 Å². The van der Waals surface area contributed by atoms with Crippen LogP contribution in [0.2, 0.25) is 0 Å². The van der Waals surface area contributed by atoms with Gasteiger partial charge < -0.3 is 10.6 Å². The fourth-order valence-corrected chi connectivity index (χ4v) is 4.21. The van der Waals surface area contributed by atoms with Crippen LogP contribution in [0.3, 0.4) is 0 Å². The molecule has 1 aromatic carbocycles. The Morgan fingerprint density at radius 3 is 2.63 bits per heavy atom. The Balaban J connectivity index is 1.15. The van der Waals surface area contributed by atoms with Crippen LogP contribution >= 0.6 is 0 Å². The number of benzene rings is 1. The van der Waals surface area contributed by atoms with Crippen LogP contribution < -0.4 is 10.6 Å². The molecular formula is C25H30N4O. The highest BCUT2D eigenvalue weighted by atomic mass is 16.1. The topological polar surface area (TPSA) is 66.9 Å². The molecule has 30 heavy (non-hydrogen) atoms. The van der Waals surface area contributed by atoms with Gasteiger partial charge in [-0.15, -0.1) is 0 Å². The SMILES string of the molecule is O=C(NCCCCCCCNc1c2c(nc3ccccc13)CCC2)c1cccnc1. The van der Waals surface area contributed by atoms with E-state index in [4.69, 9.17) is 4.98 Å². The Kier molecular flexibility index (Phi) is 6.91. The molecule has 156 valence electrons. The first-order valence-corrected chi connectivity index (χ1v) is 11.2. The number of carbonyl (C=O) groups is 1. The standard InChI is InChI=1S/C25H30N4O/c30-25(19-10-9-15-26-18-19)28-17-7-3-1-2-6-16-27-24-20-11-4-5-13-22(20)29-23-14-8-12-21(23)24/h4-5,9-11,13,15,18H,1-3,6-8,12,14,16-17H2,(H,27,29)(H,28,30). The number of amides is 1. The summed E-state index contributed by atoms with van der Waals surface area (Å²) in [6.07, 6.45) is 12.4. The third-order valence-corrected chi connectivity index (χ3v) is 5.78. The number of nitrogens with one attached hydrogen (secondary N) is 2. The Labute approximate surface area is 178 Å². The summed E-state index contributed by atoms with van der Waals surface area (Å²) >= 11 is 0. The maximum atomic E-state index is 12.0. The van der Waals surface area contributed by atoms with Crippen molar-refractivity contribution in [2.45, 2.75) is 51.4 Å². The highest BCUT2D eigenvalue weighted by Gasteiger charge is 2.19. The summed E-state index contributed by atoms with van der Waals surface area (Å²) in [7, 11) is 0. The monoisotopic (exact) mass is 402 g/mol. The van der Waals surface area contributed by atoms with E-state index in [9.17, 15) is 4.79 Å². The van der Waals surface area contributed by atoms with E-state index in [0.717, 1.165) is 50.7 Å². The first kappa shape index (κ1) is 20.3. The van der Waals surface area contributed by atoms with Crippen molar-refractivity contribution in [1.29, 1.82) is 0 Å². The predicted molar refractivity (Wildman–Crippen MR) is 122 cm³/mol. The van der Waals surface area contributed by atoms with Gasteiger partial charge in [0.1, 0.15) is 0 Å². The molecule has 0 saturated carbocycles. The summed E-state index contributed by atoms with van der Waals surface area (Å²) in [6.45, 7) is 1.72. The van der Waals surface area contributed by atoms with E-state index in [2.05, 4.69) is 39.9 Å². The van der Waals surface area contributed by atoms with E-state index in [1.165, 1.54) is 41.6 Å². The van der Waals surface area contributed by atoms with Crippen molar-refractivity contribution in [3.05, 3.63) is 65.6 Å². The van der Waals surface area contributed by atoms with Crippen LogP contribution in [0.15, 0.2) is 48.8 Å². The largest absolute Gasteiger partial charge is 0.384 e. The third-order valence-electron chi connectivity index (χ3n) is 5.78. The zero-order valence-electron chi connectivity index (χ0n) is 17.5. The van der Waals surface area contributed by atoms with Gasteiger partial charge in [0.15, 0.2) is 0 Å². The van der Waals surface area contributed by atoms with Gasteiger partial charge in [-0.05, 0) is 55.9 Å². The summed E-state index contributed by atoms with van der Waals surface area (Å²) in [5.41, 5.74) is 5.75. The number of nitrogens with zero attached hydrogens (tertiary/aromatic N) is 2. The van der Waals surface area contributed by atoms with Gasteiger partial charge >= 0.3 is 0 Å². The van der Waals surface area contributed by atoms with Crippen molar-refractivity contribution in [1.82, 2.24) is 15.3 Å². The first-order valence-electron chi connectivity index (χ1n) is 11.2. The molecule has 2 aromatic heterocycles. The second-order valence-corrected chi connectivity index (χ2v) is 7.97. The van der Waals surface area contributed by atoms with Crippen molar-refractivity contribution in [3.63, 3.8) is 0 Å². The number of unbranched alkanes of at least 4 members (excludes halogenated alkanes) is 4. The van der Waals surface area contributed by atoms with Crippen molar-refractivity contribution in [2.24, 2.45) is 0 Å². The smallest absolute Gasteiger partial charge is 0.252 e. The molecule has 0 bridgehead atoms. The molecule has 5 nitrogen and oxygen atoms in total. The summed E-state index contributed by atoms with van der Waals surface area (Å²) < 4.78 is 0. The fraction of sp³-hybridized carbons (Fsp3) is 0.400. The molecule has 5 heteroatoms. The van der Waals surface area contributed by atoms with Crippen LogP contribution in [0.4, 0.5) is 5.69 Å². The molecular weight excluding hydrogens is 372 g/mol. The van der Waals surface area contributed by atoms with Gasteiger partial charge in [-0.25, -0.2) is 0 Å². The molecule has 4 rings (SSSR count). The lowest BCUT2D eigenvalue weighted by Gasteiger charge is -2.14. The van der Waals surface area contributed by atoms with Crippen molar-refractivity contribution in [3.8, 4) is 0 Å². The molecule has 2 heterocycles. The predicted octanol–water partition coefficient (Wildman–Crippen LogP) is 4.91. The quantitative estimate of drug-likeness (QED) is 0.473. The van der Waals surface area contributed by atoms with Crippen molar-refractivity contribution in [2.75, 3.05) is 18.4 Å². The second-order valence-electron chi connectivity index (χ2n) is 7.97. The summed E-state index contributed by atoms with van der Waals surface area (Å²) in [5, 5.41) is 7.94. The van der Waals surface area contributed by atoms with Crippen LogP contribution in [0, 0.1) is 0 Å². The lowest BCUT2D eigenvalue weighted by atomic mass is 10.1. The zero-order valence-corrected chi connectivity index (χ0v) is 17.5. The van der Waals surface area contributed by atoms with E-state index >= 15 is 0 Å². The number of anilines is 1. The molecule has 0 atom stereocenters. The molecule has 3 aromatic rings. The highest BCUT2D eigenvalue weighted by Crippen LogP contribution is 2.33. The Hall–Kier alpha value is -2.95. The van der Waals surface area contributed by atoms with E-state index in [0.29, 0.717) is 5.56 Å². The van der Waals surface area contributed by atoms with Gasteiger partial charge in [-0.3, -0.25) is 14.8 Å². The average molecular weight is 403 g/mol. The Morgan fingerprint density at radius 2 is 1.77 bits per heavy atom. The number of aromatic nitrogens is 2. The second kappa shape index (κ2) is 10.2. The minimum Gasteiger partial charge on any atom is -0.384 e. The minimum atomic E-state index is -0.0376. The lowest BCUT2D eigenvalue weighted by Crippen LogP contribution is -2.24. The number of hydrogen-bond acceptors (Lipinski definition) is 4. The van der Waals surface area contributed by atoms with Crippen LogP contribution in [0.25, 0.3) is 10.9 Å². The van der Waals surface area contributed by atoms with Crippen LogP contribution in [-0.2, 0) is 12.8 Å². The van der Waals surface area contributed by atoms with Gasteiger partial charge in [-0.1, -0.05) is 37.5 Å². The number of rotatable bonds is 10. The zero-order chi connectivity index (χ0) is 20.6. The molecule has 0 fully saturated rings. The lowest BCUT2D eigenvalue weighted by molar-refractivity contribution is 0.0952. The van der Waals surface area contributed by atoms with Gasteiger partial charge in [-0.2, -0.15) is 0 Å². The van der Waals surface area contributed by atoms with Crippen LogP contribution in [0.5, 0.6) is 0 Å². The number of pyridine rings is 2. The minimum absolute atomic E-state index is 0.0376. The first-order chi connectivity index (χ1) is 14.8. The fourth-order valence-electron chi connectivity index (χ4n) is 4.21. The number of hydrogen-bond donors (Lipinski definition) is 2. The summed E-state index contributed by atoms with van der Waals surface area (Å²) in [4.78, 5) is 20.8. The number of fused-ring (bicyclic) bond motifs is 2. The van der Waals surface area contributed by atoms with E-state index in [1.54, 1.807) is 24.5 Å². The normalized spacial score (nSPS) is 12.7. The number of aryl methyl sites for hydroxylation is 1. The maximum absolute atomic E-state index is 12.0. The van der Waals surface area contributed by atoms with Gasteiger partial charge in [0.2, 0.25) is 0 Å². The molecule has 0 radical (unpaired) electrons. The molecule has 0 spiro atoms. The van der Waals surface area contributed by atoms with Gasteiger partial charge in [0, 0.05) is 42.3 Å². The van der Waals surface area contributed by atoms with Crippen molar-refractivity contribution < 1.29 is 4.79 Å². The highest BCUT2D eigenvalue weighted by molar-refractivity contribution is 5.94. The van der Waals surface area contributed by atoms with Crippen molar-refractivity contribution >= 4 is 22.5 Å². The summed E-state index contributed by atoms with van der Waals surface area (Å²) in [6, 6.07) is 12.0. The molecule has 0 unspecified atom stereocenters. The van der Waals surface area contributed by atoms with E-state index in [1.807, 2.05) is 0 Å². The maximum Gasteiger partial charge on any atom is 0.252 e. The number of carbonyl (C=O) groups excluding carboxylic acids is 1. The molecule has 1 aliphatic rings.